The van der Waals surface area contributed by atoms with Gasteiger partial charge in [0.05, 0.1) is 6.61 Å². The van der Waals surface area contributed by atoms with Gasteiger partial charge in [-0.1, -0.05) is 24.6 Å². The summed E-state index contributed by atoms with van der Waals surface area (Å²) >= 11 is 5.92. The highest BCUT2D eigenvalue weighted by Crippen LogP contribution is 2.18. The predicted octanol–water partition coefficient (Wildman–Crippen LogP) is 2.99. The van der Waals surface area contributed by atoms with E-state index in [1.807, 2.05) is 0 Å². The van der Waals surface area contributed by atoms with Crippen LogP contribution in [0.2, 0.25) is 5.02 Å². The molecule has 0 aromatic heterocycles. The number of hydrogen-bond acceptors (Lipinski definition) is 2. The second-order valence-corrected chi connectivity index (χ2v) is 4.05. The van der Waals surface area contributed by atoms with Gasteiger partial charge in [0.1, 0.15) is 5.82 Å². The van der Waals surface area contributed by atoms with E-state index >= 15 is 0 Å². The second kappa shape index (κ2) is 6.84. The molecule has 0 radical (unpaired) electrons. The zero-order valence-corrected chi connectivity index (χ0v) is 10.4. The van der Waals surface area contributed by atoms with Crippen molar-refractivity contribution in [2.24, 2.45) is 0 Å². The lowest BCUT2D eigenvalue weighted by Gasteiger charge is -2.16. The molecule has 1 unspecified atom stereocenters. The summed E-state index contributed by atoms with van der Waals surface area (Å²) in [5, 5.41) is 3.68. The van der Waals surface area contributed by atoms with Crippen molar-refractivity contribution in [2.45, 2.75) is 25.9 Å². The first-order chi connectivity index (χ1) is 7.69. The fraction of sp³-hybridized carbons (Fsp3) is 0.500. The molecule has 1 atom stereocenters. The zero-order valence-electron chi connectivity index (χ0n) is 9.59. The summed E-state index contributed by atoms with van der Waals surface area (Å²) in [7, 11) is 1.65. The van der Waals surface area contributed by atoms with Crippen LogP contribution in [0.25, 0.3) is 0 Å². The van der Waals surface area contributed by atoms with Crippen LogP contribution < -0.4 is 5.32 Å². The lowest BCUT2D eigenvalue weighted by molar-refractivity contribution is 0.163. The predicted molar refractivity (Wildman–Crippen MR) is 64.2 cm³/mol. The Hall–Kier alpha value is -0.640. The molecule has 0 bridgehead atoms. The van der Waals surface area contributed by atoms with Gasteiger partial charge in [-0.15, -0.1) is 0 Å². The molecule has 1 aromatic rings. The van der Waals surface area contributed by atoms with E-state index in [4.69, 9.17) is 16.3 Å². The molecule has 0 aliphatic heterocycles. The Morgan fingerprint density at radius 3 is 2.81 bits per heavy atom. The van der Waals surface area contributed by atoms with Gasteiger partial charge in [-0.3, -0.25) is 0 Å². The molecule has 2 nitrogen and oxygen atoms in total. The van der Waals surface area contributed by atoms with Crippen molar-refractivity contribution in [3.8, 4) is 0 Å². The van der Waals surface area contributed by atoms with Crippen molar-refractivity contribution >= 4 is 11.6 Å². The average Bonchev–Trinajstić information content (AvgIpc) is 2.27. The molecule has 0 aliphatic carbocycles. The fourth-order valence-electron chi connectivity index (χ4n) is 1.47. The number of nitrogens with one attached hydrogen (secondary N) is 1. The van der Waals surface area contributed by atoms with Crippen LogP contribution in [0.15, 0.2) is 18.2 Å². The molecule has 1 aromatic carbocycles. The number of hydrogen-bond donors (Lipinski definition) is 1. The van der Waals surface area contributed by atoms with Crippen LogP contribution in [-0.4, -0.2) is 19.8 Å². The second-order valence-electron chi connectivity index (χ2n) is 3.64. The normalized spacial score (nSPS) is 12.8. The molecule has 4 heteroatoms. The van der Waals surface area contributed by atoms with E-state index in [9.17, 15) is 4.39 Å². The minimum absolute atomic E-state index is 0.223. The van der Waals surface area contributed by atoms with E-state index in [2.05, 4.69) is 12.2 Å². The van der Waals surface area contributed by atoms with Gasteiger partial charge in [0, 0.05) is 30.3 Å². The number of rotatable bonds is 6. The van der Waals surface area contributed by atoms with Crippen molar-refractivity contribution in [1.29, 1.82) is 0 Å². The van der Waals surface area contributed by atoms with Gasteiger partial charge in [0.15, 0.2) is 0 Å². The Labute approximate surface area is 101 Å². The molecule has 1 N–H and O–H groups in total. The first kappa shape index (κ1) is 13.4. The van der Waals surface area contributed by atoms with E-state index < -0.39 is 0 Å². The maximum Gasteiger partial charge on any atom is 0.129 e. The first-order valence-corrected chi connectivity index (χ1v) is 5.72. The monoisotopic (exact) mass is 245 g/mol. The van der Waals surface area contributed by atoms with Crippen LogP contribution in [0.4, 0.5) is 4.39 Å². The van der Waals surface area contributed by atoms with Gasteiger partial charge >= 0.3 is 0 Å². The number of ether oxygens (including phenoxy) is 1. The lowest BCUT2D eigenvalue weighted by atomic mass is 10.2. The molecule has 0 saturated heterocycles. The first-order valence-electron chi connectivity index (χ1n) is 5.34. The smallest absolute Gasteiger partial charge is 0.129 e. The Morgan fingerprint density at radius 1 is 1.50 bits per heavy atom. The Bertz CT molecular complexity index is 313. The zero-order chi connectivity index (χ0) is 12.0. The summed E-state index contributed by atoms with van der Waals surface area (Å²) in [4.78, 5) is 0. The van der Waals surface area contributed by atoms with Gasteiger partial charge < -0.3 is 10.1 Å². The minimum Gasteiger partial charge on any atom is -0.383 e. The van der Waals surface area contributed by atoms with Crippen LogP contribution in [-0.2, 0) is 11.3 Å². The van der Waals surface area contributed by atoms with Gasteiger partial charge in [-0.2, -0.15) is 0 Å². The highest BCUT2D eigenvalue weighted by Gasteiger charge is 2.09. The standard InChI is InChI=1S/C12H17ClFNO/c1-3-9(8-16-2)15-7-10-11(13)5-4-6-12(10)14/h4-6,9,15H,3,7-8H2,1-2H3. The molecular weight excluding hydrogens is 229 g/mol. The molecule has 16 heavy (non-hydrogen) atoms. The average molecular weight is 246 g/mol. The summed E-state index contributed by atoms with van der Waals surface area (Å²) in [6.07, 6.45) is 0.930. The van der Waals surface area contributed by atoms with E-state index in [0.717, 1.165) is 6.42 Å². The largest absolute Gasteiger partial charge is 0.383 e. The molecular formula is C12H17ClFNO. The lowest BCUT2D eigenvalue weighted by Crippen LogP contribution is -2.32. The van der Waals surface area contributed by atoms with Gasteiger partial charge in [0.25, 0.3) is 0 Å². The van der Waals surface area contributed by atoms with Gasteiger partial charge in [-0.05, 0) is 18.6 Å². The molecule has 90 valence electrons. The number of methoxy groups -OCH3 is 1. The summed E-state index contributed by atoms with van der Waals surface area (Å²) in [6, 6.07) is 4.94. The van der Waals surface area contributed by atoms with Crippen LogP contribution in [0.3, 0.4) is 0 Å². The summed E-state index contributed by atoms with van der Waals surface area (Å²) in [6.45, 7) is 3.09. The van der Waals surface area contributed by atoms with Crippen LogP contribution in [0.5, 0.6) is 0 Å². The fourth-order valence-corrected chi connectivity index (χ4v) is 1.70. The summed E-state index contributed by atoms with van der Waals surface area (Å²) < 4.78 is 18.5. The van der Waals surface area contributed by atoms with Crippen molar-refractivity contribution in [3.63, 3.8) is 0 Å². The van der Waals surface area contributed by atoms with E-state index in [1.165, 1.54) is 6.07 Å². The van der Waals surface area contributed by atoms with Gasteiger partial charge in [-0.25, -0.2) is 4.39 Å². The topological polar surface area (TPSA) is 21.3 Å². The molecule has 0 fully saturated rings. The summed E-state index contributed by atoms with van der Waals surface area (Å²) in [5.41, 5.74) is 0.513. The van der Waals surface area contributed by atoms with Crippen LogP contribution in [0, 0.1) is 5.82 Å². The van der Waals surface area contributed by atoms with Crippen molar-refractivity contribution < 1.29 is 9.13 Å². The SMILES string of the molecule is CCC(COC)NCc1c(F)cccc1Cl. The van der Waals surface area contributed by atoms with Crippen molar-refractivity contribution in [1.82, 2.24) is 5.32 Å². The van der Waals surface area contributed by atoms with Crippen molar-refractivity contribution in [3.05, 3.63) is 34.6 Å². The maximum atomic E-state index is 13.4. The molecule has 0 heterocycles. The third-order valence-electron chi connectivity index (χ3n) is 2.49. The van der Waals surface area contributed by atoms with Crippen LogP contribution >= 0.6 is 11.6 Å². The van der Waals surface area contributed by atoms with Crippen molar-refractivity contribution in [2.75, 3.05) is 13.7 Å². The Balaban J connectivity index is 2.59. The number of halogens is 2. The Kier molecular flexibility index (Phi) is 5.74. The third kappa shape index (κ3) is 3.74. The molecule has 0 saturated carbocycles. The minimum atomic E-state index is -0.271. The summed E-state index contributed by atoms with van der Waals surface area (Å²) in [5.74, 6) is -0.271. The van der Waals surface area contributed by atoms with E-state index in [0.29, 0.717) is 23.7 Å². The molecule has 0 amide bonds. The highest BCUT2D eigenvalue weighted by molar-refractivity contribution is 6.31. The Morgan fingerprint density at radius 2 is 2.25 bits per heavy atom. The van der Waals surface area contributed by atoms with Gasteiger partial charge in [0.2, 0.25) is 0 Å². The maximum absolute atomic E-state index is 13.4. The van der Waals surface area contributed by atoms with E-state index in [1.54, 1.807) is 19.2 Å². The van der Waals surface area contributed by atoms with E-state index in [-0.39, 0.29) is 11.9 Å². The van der Waals surface area contributed by atoms with Crippen LogP contribution in [0.1, 0.15) is 18.9 Å². The third-order valence-corrected chi connectivity index (χ3v) is 2.84. The quantitative estimate of drug-likeness (QED) is 0.832. The molecule has 0 spiro atoms. The molecule has 0 aliphatic rings. The molecule has 1 rings (SSSR count). The highest BCUT2D eigenvalue weighted by atomic mass is 35.5. The number of benzene rings is 1.